The molecular formula is C17H24NO4+. The third-order valence-electron chi connectivity index (χ3n) is 3.66. The van der Waals surface area contributed by atoms with Gasteiger partial charge in [-0.2, -0.15) is 0 Å². The second kappa shape index (κ2) is 8.06. The largest absolute Gasteiger partial charge is 0.456 e. The van der Waals surface area contributed by atoms with Crippen LogP contribution < -0.4 is 4.57 Å². The zero-order valence-electron chi connectivity index (χ0n) is 13.3. The summed E-state index contributed by atoms with van der Waals surface area (Å²) in [5.41, 5.74) is 1.42. The van der Waals surface area contributed by atoms with Crippen LogP contribution in [0.4, 0.5) is 0 Å². The van der Waals surface area contributed by atoms with Crippen LogP contribution in [0.2, 0.25) is 0 Å². The van der Waals surface area contributed by atoms with Gasteiger partial charge in [-0.05, 0) is 13.3 Å². The Hall–Kier alpha value is -1.72. The van der Waals surface area contributed by atoms with Gasteiger partial charge in [0.25, 0.3) is 0 Å². The van der Waals surface area contributed by atoms with Gasteiger partial charge < -0.3 is 14.2 Å². The number of rotatable bonds is 6. The zero-order chi connectivity index (χ0) is 15.9. The van der Waals surface area contributed by atoms with Crippen molar-refractivity contribution in [2.75, 3.05) is 19.8 Å². The smallest absolute Gasteiger partial charge is 0.333 e. The Bertz CT molecular complexity index is 504. The quantitative estimate of drug-likeness (QED) is 0.459. The highest BCUT2D eigenvalue weighted by atomic mass is 16.7. The maximum absolute atomic E-state index is 11.3. The Kier molecular flexibility index (Phi) is 6.10. The van der Waals surface area contributed by atoms with Crippen molar-refractivity contribution in [2.45, 2.75) is 33.1 Å². The SMILES string of the molecule is C=C(C)C(=O)OCC[n+]1ccc(C2OCC(CC)CO2)cc1. The number of hydrogen-bond acceptors (Lipinski definition) is 4. The van der Waals surface area contributed by atoms with Crippen LogP contribution in [0.5, 0.6) is 0 Å². The van der Waals surface area contributed by atoms with E-state index in [0.29, 0.717) is 24.6 Å². The van der Waals surface area contributed by atoms with E-state index in [1.165, 1.54) is 0 Å². The molecule has 1 saturated heterocycles. The molecular weight excluding hydrogens is 282 g/mol. The molecule has 0 amide bonds. The molecule has 0 saturated carbocycles. The highest BCUT2D eigenvalue weighted by Crippen LogP contribution is 2.25. The molecule has 2 heterocycles. The molecule has 0 radical (unpaired) electrons. The van der Waals surface area contributed by atoms with E-state index in [0.717, 1.165) is 25.2 Å². The highest BCUT2D eigenvalue weighted by molar-refractivity contribution is 5.86. The monoisotopic (exact) mass is 306 g/mol. The van der Waals surface area contributed by atoms with E-state index in [-0.39, 0.29) is 12.3 Å². The summed E-state index contributed by atoms with van der Waals surface area (Å²) in [4.78, 5) is 11.3. The molecule has 0 atom stereocenters. The minimum Gasteiger partial charge on any atom is -0.456 e. The first-order valence-electron chi connectivity index (χ1n) is 7.65. The molecule has 1 aromatic rings. The third kappa shape index (κ3) is 4.64. The molecule has 120 valence electrons. The third-order valence-corrected chi connectivity index (χ3v) is 3.66. The first-order valence-corrected chi connectivity index (χ1v) is 7.65. The van der Waals surface area contributed by atoms with Crippen molar-refractivity contribution in [1.29, 1.82) is 0 Å². The topological polar surface area (TPSA) is 48.6 Å². The molecule has 1 aromatic heterocycles. The summed E-state index contributed by atoms with van der Waals surface area (Å²) in [5.74, 6) is 0.139. The van der Waals surface area contributed by atoms with Crippen molar-refractivity contribution >= 4 is 5.97 Å². The average molecular weight is 306 g/mol. The van der Waals surface area contributed by atoms with Gasteiger partial charge in [-0.15, -0.1) is 0 Å². The molecule has 22 heavy (non-hydrogen) atoms. The summed E-state index contributed by atoms with van der Waals surface area (Å²) < 4.78 is 18.5. The Morgan fingerprint density at radius 2 is 2.00 bits per heavy atom. The number of hydrogen-bond donors (Lipinski definition) is 0. The van der Waals surface area contributed by atoms with E-state index in [9.17, 15) is 4.79 Å². The predicted octanol–water partition coefficient (Wildman–Crippen LogP) is 2.17. The first kappa shape index (κ1) is 16.6. The van der Waals surface area contributed by atoms with Gasteiger partial charge in [0.15, 0.2) is 31.8 Å². The lowest BCUT2D eigenvalue weighted by molar-refractivity contribution is -0.698. The van der Waals surface area contributed by atoms with Crippen molar-refractivity contribution in [3.8, 4) is 0 Å². The van der Waals surface area contributed by atoms with Crippen molar-refractivity contribution in [2.24, 2.45) is 5.92 Å². The normalized spacial score (nSPS) is 21.4. The summed E-state index contributed by atoms with van der Waals surface area (Å²) in [6.45, 7) is 9.74. The maximum Gasteiger partial charge on any atom is 0.333 e. The summed E-state index contributed by atoms with van der Waals surface area (Å²) in [6, 6.07) is 3.94. The molecule has 5 nitrogen and oxygen atoms in total. The molecule has 1 aliphatic heterocycles. The second-order valence-electron chi connectivity index (χ2n) is 5.56. The molecule has 0 aromatic carbocycles. The van der Waals surface area contributed by atoms with Gasteiger partial charge in [0.05, 0.1) is 13.2 Å². The summed E-state index contributed by atoms with van der Waals surface area (Å²) in [7, 11) is 0. The summed E-state index contributed by atoms with van der Waals surface area (Å²) >= 11 is 0. The molecule has 0 N–H and O–H groups in total. The average Bonchev–Trinajstić information content (AvgIpc) is 2.55. The molecule has 0 unspecified atom stereocenters. The van der Waals surface area contributed by atoms with Gasteiger partial charge in [0, 0.05) is 29.2 Å². The van der Waals surface area contributed by atoms with Crippen molar-refractivity contribution in [3.63, 3.8) is 0 Å². The highest BCUT2D eigenvalue weighted by Gasteiger charge is 2.23. The fraction of sp³-hybridized carbons (Fsp3) is 0.529. The van der Waals surface area contributed by atoms with E-state index in [4.69, 9.17) is 14.2 Å². The number of nitrogens with zero attached hydrogens (tertiary/aromatic N) is 1. The Labute approximate surface area is 131 Å². The van der Waals surface area contributed by atoms with E-state index in [1.807, 2.05) is 29.1 Å². The minimum atomic E-state index is -0.355. The van der Waals surface area contributed by atoms with Crippen LogP contribution in [0.1, 0.15) is 32.1 Å². The lowest BCUT2D eigenvalue weighted by atomic mass is 10.1. The number of pyridine rings is 1. The van der Waals surface area contributed by atoms with Gasteiger partial charge in [-0.3, -0.25) is 0 Å². The van der Waals surface area contributed by atoms with Crippen LogP contribution in [0.3, 0.4) is 0 Å². The van der Waals surface area contributed by atoms with Gasteiger partial charge in [0.1, 0.15) is 0 Å². The van der Waals surface area contributed by atoms with Gasteiger partial charge in [-0.25, -0.2) is 9.36 Å². The van der Waals surface area contributed by atoms with Crippen molar-refractivity contribution in [3.05, 3.63) is 42.2 Å². The van der Waals surface area contributed by atoms with Crippen LogP contribution in [-0.2, 0) is 25.5 Å². The number of ether oxygens (including phenoxy) is 3. The summed E-state index contributed by atoms with van der Waals surface area (Å²) in [6.07, 6.45) is 4.66. The Morgan fingerprint density at radius 3 is 2.55 bits per heavy atom. The molecule has 0 bridgehead atoms. The van der Waals surface area contributed by atoms with Crippen LogP contribution in [0, 0.1) is 5.92 Å². The lowest BCUT2D eigenvalue weighted by Gasteiger charge is -2.28. The van der Waals surface area contributed by atoms with Crippen LogP contribution >= 0.6 is 0 Å². The number of carbonyl (C=O) groups is 1. The van der Waals surface area contributed by atoms with E-state index >= 15 is 0 Å². The fourth-order valence-corrected chi connectivity index (χ4v) is 2.11. The van der Waals surface area contributed by atoms with Crippen LogP contribution in [0.25, 0.3) is 0 Å². The molecule has 0 spiro atoms. The maximum atomic E-state index is 11.3. The second-order valence-corrected chi connectivity index (χ2v) is 5.56. The molecule has 1 fully saturated rings. The number of carbonyl (C=O) groups excluding carboxylic acids is 1. The zero-order valence-corrected chi connectivity index (χ0v) is 13.3. The van der Waals surface area contributed by atoms with Gasteiger partial charge >= 0.3 is 5.97 Å². The van der Waals surface area contributed by atoms with Gasteiger partial charge in [-0.1, -0.05) is 13.5 Å². The minimum absolute atomic E-state index is 0.279. The standard InChI is InChI=1S/C17H24NO4/c1-4-14-11-21-17(22-12-14)15-5-7-18(8-6-15)9-10-20-16(19)13(2)3/h5-8,14,17H,2,4,9-12H2,1,3H3/q+1. The van der Waals surface area contributed by atoms with Crippen LogP contribution in [-0.4, -0.2) is 25.8 Å². The van der Waals surface area contributed by atoms with Gasteiger partial charge in [0.2, 0.25) is 0 Å². The Balaban J connectivity index is 1.80. The fourth-order valence-electron chi connectivity index (χ4n) is 2.11. The predicted molar refractivity (Wildman–Crippen MR) is 80.8 cm³/mol. The summed E-state index contributed by atoms with van der Waals surface area (Å²) in [5, 5.41) is 0. The first-order chi connectivity index (χ1) is 10.6. The molecule has 1 aliphatic rings. The molecule has 0 aliphatic carbocycles. The van der Waals surface area contributed by atoms with E-state index in [1.54, 1.807) is 6.92 Å². The number of aromatic nitrogens is 1. The molecule has 5 heteroatoms. The lowest BCUT2D eigenvalue weighted by Crippen LogP contribution is -2.36. The van der Waals surface area contributed by atoms with Crippen molar-refractivity contribution < 1.29 is 23.6 Å². The van der Waals surface area contributed by atoms with Crippen molar-refractivity contribution in [1.82, 2.24) is 0 Å². The van der Waals surface area contributed by atoms with Crippen LogP contribution in [0.15, 0.2) is 36.7 Å². The number of esters is 1. The molecule has 2 rings (SSSR count). The van der Waals surface area contributed by atoms with E-state index < -0.39 is 0 Å². The Morgan fingerprint density at radius 1 is 1.36 bits per heavy atom. The van der Waals surface area contributed by atoms with E-state index in [2.05, 4.69) is 13.5 Å².